The maximum absolute atomic E-state index is 12.7. The summed E-state index contributed by atoms with van der Waals surface area (Å²) in [5.41, 5.74) is 1.34. The number of benzene rings is 2. The number of hydrogen-bond donors (Lipinski definition) is 1. The van der Waals surface area contributed by atoms with Gasteiger partial charge in [-0.15, -0.1) is 0 Å². The monoisotopic (exact) mass is 348 g/mol. The van der Waals surface area contributed by atoms with E-state index >= 15 is 0 Å². The molecule has 4 rings (SSSR count). The van der Waals surface area contributed by atoms with Crippen molar-refractivity contribution in [3.05, 3.63) is 48.0 Å². The highest BCUT2D eigenvalue weighted by Gasteiger charge is 2.28. The summed E-state index contributed by atoms with van der Waals surface area (Å²) < 4.78 is 45.3. The molecular formula is C16H16N2O5S. The minimum Gasteiger partial charge on any atom is -0.489 e. The Morgan fingerprint density at radius 1 is 1.00 bits per heavy atom. The van der Waals surface area contributed by atoms with Crippen molar-refractivity contribution in [2.45, 2.75) is 6.54 Å². The predicted molar refractivity (Wildman–Crippen MR) is 87.6 cm³/mol. The zero-order valence-corrected chi connectivity index (χ0v) is 13.6. The van der Waals surface area contributed by atoms with Gasteiger partial charge in [0, 0.05) is 6.54 Å². The van der Waals surface area contributed by atoms with Crippen molar-refractivity contribution in [1.29, 1.82) is 0 Å². The van der Waals surface area contributed by atoms with E-state index in [2.05, 4.69) is 4.72 Å². The van der Waals surface area contributed by atoms with E-state index in [0.717, 1.165) is 5.56 Å². The van der Waals surface area contributed by atoms with Crippen LogP contribution in [-0.4, -0.2) is 28.4 Å². The summed E-state index contributed by atoms with van der Waals surface area (Å²) in [6.07, 6.45) is 0. The highest BCUT2D eigenvalue weighted by atomic mass is 32.2. The molecular weight excluding hydrogens is 332 g/mol. The number of nitrogens with zero attached hydrogens (tertiary/aromatic N) is 1. The van der Waals surface area contributed by atoms with Gasteiger partial charge in [0.1, 0.15) is 12.4 Å². The summed E-state index contributed by atoms with van der Waals surface area (Å²) in [5.74, 6) is 1.87. The van der Waals surface area contributed by atoms with E-state index in [4.69, 9.17) is 14.2 Å². The average Bonchev–Trinajstić information content (AvgIpc) is 3.07. The number of fused-ring (bicyclic) bond motifs is 2. The predicted octanol–water partition coefficient (Wildman–Crippen LogP) is 1.65. The van der Waals surface area contributed by atoms with Crippen LogP contribution in [0.2, 0.25) is 0 Å². The van der Waals surface area contributed by atoms with E-state index in [9.17, 15) is 8.42 Å². The Kier molecular flexibility index (Phi) is 3.70. The topological polar surface area (TPSA) is 77.1 Å². The largest absolute Gasteiger partial charge is 0.489 e. The summed E-state index contributed by atoms with van der Waals surface area (Å²) in [5, 5.41) is 0. The third-order valence-electron chi connectivity index (χ3n) is 3.87. The Balaban J connectivity index is 1.52. The Hall–Kier alpha value is -2.45. The molecule has 1 N–H and O–H groups in total. The van der Waals surface area contributed by atoms with Crippen LogP contribution in [0, 0.1) is 0 Å². The fourth-order valence-corrected chi connectivity index (χ4v) is 3.93. The van der Waals surface area contributed by atoms with Crippen LogP contribution in [0.3, 0.4) is 0 Å². The van der Waals surface area contributed by atoms with E-state index < -0.39 is 10.2 Å². The Bertz CT molecular complexity index is 869. The molecule has 24 heavy (non-hydrogen) atoms. The molecule has 0 spiro atoms. The van der Waals surface area contributed by atoms with Gasteiger partial charge in [0.2, 0.25) is 6.79 Å². The molecule has 0 atom stereocenters. The van der Waals surface area contributed by atoms with Crippen molar-refractivity contribution < 1.29 is 22.6 Å². The summed E-state index contributed by atoms with van der Waals surface area (Å²) in [4.78, 5) is 0. The third-order valence-corrected chi connectivity index (χ3v) is 5.34. The Morgan fingerprint density at radius 2 is 1.83 bits per heavy atom. The second-order valence-corrected chi connectivity index (χ2v) is 7.08. The van der Waals surface area contributed by atoms with E-state index in [1.807, 2.05) is 12.1 Å². The molecule has 0 unspecified atom stereocenters. The number of ether oxygens (including phenoxy) is 3. The number of nitrogens with one attached hydrogen (secondary N) is 1. The van der Waals surface area contributed by atoms with Gasteiger partial charge in [-0.3, -0.25) is 4.31 Å². The molecule has 0 fully saturated rings. The van der Waals surface area contributed by atoms with Crippen LogP contribution in [0.25, 0.3) is 0 Å². The highest BCUT2D eigenvalue weighted by Crippen LogP contribution is 2.34. The van der Waals surface area contributed by atoms with Crippen LogP contribution in [0.5, 0.6) is 17.2 Å². The quantitative estimate of drug-likeness (QED) is 0.909. The van der Waals surface area contributed by atoms with Crippen molar-refractivity contribution in [2.75, 3.05) is 24.2 Å². The molecule has 2 aromatic carbocycles. The molecule has 126 valence electrons. The van der Waals surface area contributed by atoms with Gasteiger partial charge >= 0.3 is 10.2 Å². The molecule has 0 aliphatic carbocycles. The second-order valence-electron chi connectivity index (χ2n) is 5.40. The van der Waals surface area contributed by atoms with Crippen LogP contribution < -0.4 is 23.2 Å². The van der Waals surface area contributed by atoms with Gasteiger partial charge in [0.15, 0.2) is 11.5 Å². The highest BCUT2D eigenvalue weighted by molar-refractivity contribution is 7.90. The molecule has 0 bridgehead atoms. The van der Waals surface area contributed by atoms with Gasteiger partial charge in [-0.25, -0.2) is 0 Å². The van der Waals surface area contributed by atoms with Crippen LogP contribution in [0.1, 0.15) is 5.56 Å². The van der Waals surface area contributed by atoms with Crippen molar-refractivity contribution in [3.8, 4) is 17.2 Å². The summed E-state index contributed by atoms with van der Waals surface area (Å²) in [7, 11) is -3.68. The number of hydrogen-bond acceptors (Lipinski definition) is 5. The lowest BCUT2D eigenvalue weighted by atomic mass is 10.2. The van der Waals surface area contributed by atoms with E-state index in [1.165, 1.54) is 4.31 Å². The van der Waals surface area contributed by atoms with Crippen LogP contribution in [-0.2, 0) is 16.8 Å². The lowest BCUT2D eigenvalue weighted by molar-refractivity contribution is 0.174. The number of rotatable bonds is 4. The molecule has 2 heterocycles. The van der Waals surface area contributed by atoms with Crippen LogP contribution in [0.4, 0.5) is 5.69 Å². The van der Waals surface area contributed by atoms with Crippen LogP contribution in [0.15, 0.2) is 42.5 Å². The van der Waals surface area contributed by atoms with Crippen molar-refractivity contribution in [1.82, 2.24) is 4.72 Å². The molecule has 7 nitrogen and oxygen atoms in total. The fraction of sp³-hybridized carbons (Fsp3) is 0.250. The fourth-order valence-electron chi connectivity index (χ4n) is 2.70. The van der Waals surface area contributed by atoms with Gasteiger partial charge in [-0.1, -0.05) is 18.2 Å². The van der Waals surface area contributed by atoms with Gasteiger partial charge < -0.3 is 14.2 Å². The molecule has 2 aliphatic heterocycles. The molecule has 0 aromatic heterocycles. The molecule has 2 aromatic rings. The molecule has 2 aliphatic rings. The standard InChI is InChI=1S/C16H16N2O5S/c19-24(20,18-7-8-21-14-4-2-1-3-13(14)18)17-10-12-5-6-15-16(9-12)23-11-22-15/h1-6,9,17H,7-8,10-11H2. The van der Waals surface area contributed by atoms with Crippen molar-refractivity contribution in [2.24, 2.45) is 0 Å². The molecule has 0 amide bonds. The van der Waals surface area contributed by atoms with E-state index in [0.29, 0.717) is 29.5 Å². The van der Waals surface area contributed by atoms with Gasteiger partial charge in [0.25, 0.3) is 0 Å². The van der Waals surface area contributed by atoms with E-state index in [-0.39, 0.29) is 19.9 Å². The third kappa shape index (κ3) is 2.74. The maximum Gasteiger partial charge on any atom is 0.302 e. The first-order valence-electron chi connectivity index (χ1n) is 7.51. The molecule has 0 saturated heterocycles. The van der Waals surface area contributed by atoms with Crippen molar-refractivity contribution in [3.63, 3.8) is 0 Å². The lowest BCUT2D eigenvalue weighted by Crippen LogP contribution is -2.44. The zero-order chi connectivity index (χ0) is 16.6. The lowest BCUT2D eigenvalue weighted by Gasteiger charge is -2.30. The SMILES string of the molecule is O=S(=O)(NCc1ccc2c(c1)OCO2)N1CCOc2ccccc21. The van der Waals surface area contributed by atoms with E-state index in [1.54, 1.807) is 30.3 Å². The second kappa shape index (κ2) is 5.88. The smallest absolute Gasteiger partial charge is 0.302 e. The first kappa shape index (κ1) is 15.1. The minimum absolute atomic E-state index is 0.165. The summed E-state index contributed by atoms with van der Waals surface area (Å²) in [6, 6.07) is 12.4. The zero-order valence-electron chi connectivity index (χ0n) is 12.8. The summed E-state index contributed by atoms with van der Waals surface area (Å²) in [6.45, 7) is 0.947. The molecule has 8 heteroatoms. The minimum atomic E-state index is -3.68. The van der Waals surface area contributed by atoms with Gasteiger partial charge in [-0.2, -0.15) is 13.1 Å². The van der Waals surface area contributed by atoms with Crippen LogP contribution >= 0.6 is 0 Å². The number of anilines is 1. The van der Waals surface area contributed by atoms with Crippen molar-refractivity contribution >= 4 is 15.9 Å². The Morgan fingerprint density at radius 3 is 2.75 bits per heavy atom. The van der Waals surface area contributed by atoms with Gasteiger partial charge in [0.05, 0.1) is 12.2 Å². The first-order valence-corrected chi connectivity index (χ1v) is 8.95. The molecule has 0 radical (unpaired) electrons. The normalized spacial score (nSPS) is 15.8. The average molecular weight is 348 g/mol. The van der Waals surface area contributed by atoms with Gasteiger partial charge in [-0.05, 0) is 29.8 Å². The Labute approximate surface area is 139 Å². The molecule has 0 saturated carbocycles. The summed E-state index contributed by atoms with van der Waals surface area (Å²) >= 11 is 0. The first-order chi connectivity index (χ1) is 11.6. The number of para-hydroxylation sites is 2. The maximum atomic E-state index is 12.7.